The van der Waals surface area contributed by atoms with E-state index in [1.54, 1.807) is 4.57 Å². The van der Waals surface area contributed by atoms with Crippen molar-refractivity contribution in [3.05, 3.63) is 69.7 Å². The highest BCUT2D eigenvalue weighted by Gasteiger charge is 2.08. The number of carbonyl (C=O) groups is 2. The predicted molar refractivity (Wildman–Crippen MR) is 108 cm³/mol. The Labute approximate surface area is 171 Å². The summed E-state index contributed by atoms with van der Waals surface area (Å²) in [5.74, 6) is -3.94. The predicted octanol–water partition coefficient (Wildman–Crippen LogP) is 2.93. The Hall–Kier alpha value is -3.10. The SMILES string of the molecule is CN(CCCn1c(=O)oc2ccccc21)Cc1cccc(Cl)c1.O=C(O)C(=O)O. The summed E-state index contributed by atoms with van der Waals surface area (Å²) in [6.45, 7) is 2.37. The minimum atomic E-state index is -1.82. The van der Waals surface area contributed by atoms with Gasteiger partial charge in [0, 0.05) is 18.1 Å². The number of carboxylic acid groups (broad SMARTS) is 2. The monoisotopic (exact) mass is 420 g/mol. The summed E-state index contributed by atoms with van der Waals surface area (Å²) in [6, 6.07) is 15.4. The van der Waals surface area contributed by atoms with Crippen molar-refractivity contribution in [2.75, 3.05) is 13.6 Å². The number of oxazole rings is 1. The molecule has 2 aromatic carbocycles. The van der Waals surface area contributed by atoms with Crippen LogP contribution in [0, 0.1) is 0 Å². The number of fused-ring (bicyclic) bond motifs is 1. The van der Waals surface area contributed by atoms with Crippen LogP contribution < -0.4 is 5.76 Å². The molecular weight excluding hydrogens is 400 g/mol. The molecule has 2 N–H and O–H groups in total. The highest BCUT2D eigenvalue weighted by Crippen LogP contribution is 2.14. The lowest BCUT2D eigenvalue weighted by Gasteiger charge is -2.16. The largest absolute Gasteiger partial charge is 0.473 e. The van der Waals surface area contributed by atoms with Crippen molar-refractivity contribution >= 4 is 34.6 Å². The molecule has 0 unspecified atom stereocenters. The van der Waals surface area contributed by atoms with Gasteiger partial charge < -0.3 is 19.5 Å². The fraction of sp³-hybridized carbons (Fsp3) is 0.250. The molecule has 0 atom stereocenters. The summed E-state index contributed by atoms with van der Waals surface area (Å²) < 4.78 is 6.94. The molecule has 0 saturated heterocycles. The first-order valence-electron chi connectivity index (χ1n) is 8.75. The molecule has 0 aliphatic carbocycles. The van der Waals surface area contributed by atoms with E-state index in [2.05, 4.69) is 18.0 Å². The smallest absolute Gasteiger partial charge is 0.419 e. The number of aliphatic carboxylic acids is 2. The van der Waals surface area contributed by atoms with Crippen LogP contribution in [-0.2, 0) is 22.7 Å². The van der Waals surface area contributed by atoms with Crippen molar-refractivity contribution in [3.8, 4) is 0 Å². The lowest BCUT2D eigenvalue weighted by atomic mass is 10.2. The number of benzene rings is 2. The van der Waals surface area contributed by atoms with Crippen LogP contribution in [0.4, 0.5) is 0 Å². The fourth-order valence-electron chi connectivity index (χ4n) is 2.75. The lowest BCUT2D eigenvalue weighted by molar-refractivity contribution is -0.159. The van der Waals surface area contributed by atoms with Gasteiger partial charge in [-0.3, -0.25) is 4.57 Å². The van der Waals surface area contributed by atoms with Crippen molar-refractivity contribution in [3.63, 3.8) is 0 Å². The molecule has 9 heteroatoms. The van der Waals surface area contributed by atoms with Crippen LogP contribution in [0.1, 0.15) is 12.0 Å². The summed E-state index contributed by atoms with van der Waals surface area (Å²) in [5, 5.41) is 15.5. The Kier molecular flexibility index (Phi) is 7.99. The summed E-state index contributed by atoms with van der Waals surface area (Å²) >= 11 is 6.01. The van der Waals surface area contributed by atoms with Crippen LogP contribution in [0.25, 0.3) is 11.1 Å². The first kappa shape index (κ1) is 22.2. The number of nitrogens with zero attached hydrogens (tertiary/aromatic N) is 2. The molecule has 0 aliphatic rings. The third-order valence-corrected chi connectivity index (χ3v) is 4.25. The second kappa shape index (κ2) is 10.4. The second-order valence-electron chi connectivity index (χ2n) is 6.32. The minimum absolute atomic E-state index is 0.288. The molecule has 154 valence electrons. The molecule has 0 spiro atoms. The standard InChI is InChI=1S/C18H19ClN2O2.C2H2O4/c1-20(13-14-6-4-7-15(19)12-14)10-5-11-21-16-8-2-3-9-17(16)23-18(21)22;3-1(4)2(5)6/h2-4,6-9,12H,5,10-11,13H2,1H3;(H,3,4)(H,5,6). The number of hydrogen-bond donors (Lipinski definition) is 2. The van der Waals surface area contributed by atoms with Gasteiger partial charge >= 0.3 is 17.7 Å². The van der Waals surface area contributed by atoms with Crippen LogP contribution in [-0.4, -0.2) is 45.2 Å². The van der Waals surface area contributed by atoms with E-state index in [0.717, 1.165) is 30.0 Å². The summed E-state index contributed by atoms with van der Waals surface area (Å²) in [4.78, 5) is 32.3. The Morgan fingerprint density at radius 2 is 1.79 bits per heavy atom. The maximum absolute atomic E-state index is 11.9. The molecule has 0 bridgehead atoms. The molecule has 0 radical (unpaired) electrons. The zero-order chi connectivity index (χ0) is 21.4. The number of carboxylic acids is 2. The molecule has 1 heterocycles. The molecule has 3 rings (SSSR count). The van der Waals surface area contributed by atoms with Crippen LogP contribution in [0.15, 0.2) is 57.7 Å². The van der Waals surface area contributed by atoms with Crippen molar-refractivity contribution < 1.29 is 24.2 Å². The molecule has 1 aromatic heterocycles. The van der Waals surface area contributed by atoms with Crippen LogP contribution in [0.5, 0.6) is 0 Å². The number of halogens is 1. The molecule has 0 aliphatic heterocycles. The summed E-state index contributed by atoms with van der Waals surface area (Å²) in [5.41, 5.74) is 2.69. The lowest BCUT2D eigenvalue weighted by Crippen LogP contribution is -2.22. The van der Waals surface area contributed by atoms with Crippen molar-refractivity contribution in [2.24, 2.45) is 0 Å². The van der Waals surface area contributed by atoms with Gasteiger partial charge in [-0.25, -0.2) is 14.4 Å². The Bertz CT molecular complexity index is 1030. The Morgan fingerprint density at radius 1 is 1.10 bits per heavy atom. The van der Waals surface area contributed by atoms with E-state index in [1.165, 1.54) is 5.56 Å². The van der Waals surface area contributed by atoms with Gasteiger partial charge in [0.15, 0.2) is 5.58 Å². The number of para-hydroxylation sites is 2. The quantitative estimate of drug-likeness (QED) is 0.589. The summed E-state index contributed by atoms with van der Waals surface area (Å²) in [7, 11) is 2.07. The molecular formula is C20H21ClN2O6. The topological polar surface area (TPSA) is 113 Å². The first-order valence-corrected chi connectivity index (χ1v) is 9.13. The number of hydrogen-bond acceptors (Lipinski definition) is 5. The van der Waals surface area contributed by atoms with Crippen LogP contribution >= 0.6 is 11.6 Å². The van der Waals surface area contributed by atoms with Gasteiger partial charge in [0.2, 0.25) is 0 Å². The Morgan fingerprint density at radius 3 is 2.45 bits per heavy atom. The molecule has 29 heavy (non-hydrogen) atoms. The number of rotatable bonds is 6. The average Bonchev–Trinajstić information content (AvgIpc) is 2.97. The maximum atomic E-state index is 11.9. The van der Waals surface area contributed by atoms with E-state index in [0.29, 0.717) is 12.1 Å². The molecule has 3 aromatic rings. The van der Waals surface area contributed by atoms with E-state index in [4.69, 9.17) is 35.8 Å². The number of aromatic nitrogens is 1. The minimum Gasteiger partial charge on any atom is -0.473 e. The zero-order valence-corrected chi connectivity index (χ0v) is 16.5. The van der Waals surface area contributed by atoms with Crippen LogP contribution in [0.2, 0.25) is 5.02 Å². The van der Waals surface area contributed by atoms with Gasteiger partial charge in [0.25, 0.3) is 0 Å². The van der Waals surface area contributed by atoms with E-state index in [9.17, 15) is 4.79 Å². The highest BCUT2D eigenvalue weighted by atomic mass is 35.5. The molecule has 8 nitrogen and oxygen atoms in total. The van der Waals surface area contributed by atoms with Gasteiger partial charge in [-0.2, -0.15) is 0 Å². The van der Waals surface area contributed by atoms with E-state index in [-0.39, 0.29) is 5.76 Å². The fourth-order valence-corrected chi connectivity index (χ4v) is 2.96. The third-order valence-electron chi connectivity index (χ3n) is 4.02. The van der Waals surface area contributed by atoms with E-state index in [1.807, 2.05) is 42.5 Å². The second-order valence-corrected chi connectivity index (χ2v) is 6.76. The van der Waals surface area contributed by atoms with E-state index >= 15 is 0 Å². The maximum Gasteiger partial charge on any atom is 0.419 e. The van der Waals surface area contributed by atoms with Crippen molar-refractivity contribution in [2.45, 2.75) is 19.5 Å². The Balaban J connectivity index is 0.000000438. The van der Waals surface area contributed by atoms with Crippen molar-refractivity contribution in [1.29, 1.82) is 0 Å². The average molecular weight is 421 g/mol. The molecule has 0 amide bonds. The normalized spacial score (nSPS) is 10.6. The zero-order valence-electron chi connectivity index (χ0n) is 15.7. The van der Waals surface area contributed by atoms with Gasteiger partial charge in [-0.1, -0.05) is 35.9 Å². The van der Waals surface area contributed by atoms with Crippen LogP contribution in [0.3, 0.4) is 0 Å². The molecule has 0 fully saturated rings. The van der Waals surface area contributed by atoms with Gasteiger partial charge in [0.1, 0.15) is 0 Å². The highest BCUT2D eigenvalue weighted by molar-refractivity contribution is 6.30. The van der Waals surface area contributed by atoms with Gasteiger partial charge in [-0.05, 0) is 49.8 Å². The molecule has 0 saturated carbocycles. The first-order chi connectivity index (χ1) is 13.8. The van der Waals surface area contributed by atoms with Crippen molar-refractivity contribution in [1.82, 2.24) is 9.47 Å². The summed E-state index contributed by atoms with van der Waals surface area (Å²) in [6.07, 6.45) is 0.875. The van der Waals surface area contributed by atoms with E-state index < -0.39 is 11.9 Å². The van der Waals surface area contributed by atoms with Gasteiger partial charge in [0.05, 0.1) is 5.52 Å². The van der Waals surface area contributed by atoms with Gasteiger partial charge in [-0.15, -0.1) is 0 Å². The number of aryl methyl sites for hydroxylation is 1. The third kappa shape index (κ3) is 6.78.